The minimum atomic E-state index is 0.842. The largest absolute Gasteiger partial charge is 0.456 e. The van der Waals surface area contributed by atoms with E-state index < -0.39 is 0 Å². The zero-order chi connectivity index (χ0) is 52.4. The minimum Gasteiger partial charge on any atom is -0.456 e. The van der Waals surface area contributed by atoms with Gasteiger partial charge in [0, 0.05) is 65.7 Å². The lowest BCUT2D eigenvalue weighted by molar-refractivity contribution is 0.668. The summed E-state index contributed by atoms with van der Waals surface area (Å²) in [5.41, 5.74) is 22.1. The van der Waals surface area contributed by atoms with Crippen LogP contribution >= 0.6 is 11.7 Å². The molecule has 7 nitrogen and oxygen atoms in total. The average molecular weight is 1040 g/mol. The van der Waals surface area contributed by atoms with Gasteiger partial charge in [-0.3, -0.25) is 0 Å². The van der Waals surface area contributed by atoms with Crippen molar-refractivity contribution in [2.75, 3.05) is 4.90 Å². The number of hydrogen-bond acceptors (Lipinski definition) is 7. The first-order valence-electron chi connectivity index (χ1n) is 26.8. The molecule has 17 aromatic rings. The molecule has 8 heteroatoms. The van der Waals surface area contributed by atoms with E-state index >= 15 is 0 Å². The molecule has 0 atom stereocenters. The molecule has 0 saturated heterocycles. The molecule has 0 aliphatic heterocycles. The van der Waals surface area contributed by atoms with Crippen LogP contribution in [0.15, 0.2) is 268 Å². The fourth-order valence-corrected chi connectivity index (χ4v) is 12.8. The number of rotatable bonds is 8. The molecule has 374 valence electrons. The zero-order valence-corrected chi connectivity index (χ0v) is 43.5. The molecule has 0 N–H and O–H groups in total. The predicted molar refractivity (Wildman–Crippen MR) is 330 cm³/mol. The Bertz CT molecular complexity index is 5150. The van der Waals surface area contributed by atoms with Crippen LogP contribution in [-0.4, -0.2) is 13.3 Å². The van der Waals surface area contributed by atoms with E-state index in [0.717, 1.165) is 166 Å². The smallest absolute Gasteiger partial charge is 0.136 e. The topological polar surface area (TPSA) is 73.4 Å². The molecule has 0 spiro atoms. The Hall–Kier alpha value is -10.5. The maximum absolute atomic E-state index is 6.37. The Morgan fingerprint density at radius 3 is 1.36 bits per heavy atom. The summed E-state index contributed by atoms with van der Waals surface area (Å²) in [5, 5.41) is 9.03. The van der Waals surface area contributed by atoms with Crippen molar-refractivity contribution in [1.82, 2.24) is 13.3 Å². The van der Waals surface area contributed by atoms with Gasteiger partial charge in [0.2, 0.25) is 0 Å². The summed E-state index contributed by atoms with van der Waals surface area (Å²) >= 11 is 1.24. The van der Waals surface area contributed by atoms with Gasteiger partial charge in [0.15, 0.2) is 0 Å². The number of aromatic nitrogens is 3. The van der Waals surface area contributed by atoms with Crippen molar-refractivity contribution < 1.29 is 13.3 Å². The first kappa shape index (κ1) is 44.6. The van der Waals surface area contributed by atoms with E-state index in [-0.39, 0.29) is 0 Å². The summed E-state index contributed by atoms with van der Waals surface area (Å²) < 4.78 is 31.2. The first-order chi connectivity index (χ1) is 39.6. The second-order valence-corrected chi connectivity index (χ2v) is 21.1. The van der Waals surface area contributed by atoms with Crippen LogP contribution in [0.3, 0.4) is 0 Å². The fourth-order valence-electron chi connectivity index (χ4n) is 12.2. The van der Waals surface area contributed by atoms with E-state index in [0.29, 0.717) is 0 Å². The van der Waals surface area contributed by atoms with Crippen LogP contribution in [0.25, 0.3) is 149 Å². The Labute approximate surface area is 461 Å². The van der Waals surface area contributed by atoms with Gasteiger partial charge in [-0.2, -0.15) is 8.75 Å². The molecule has 0 bridgehead atoms. The number of benzene rings is 12. The standard InChI is InChI=1S/C72H42N4O3S/c1-2-10-50(11-3-1)75(51-27-18-43(19-28-51)45-26-37-68-61(40-45)56-14-6-9-17-67(56)77-68)64-36-33-53(71-72(64)74-80-73-71)44-20-29-52(30-21-44)76-62-34-24-46(48-22-31-57-54-12-4-7-15-65(54)78-69(57)41-48)38-59(62)60-39-47(25-35-63(60)76)49-23-32-58-55-13-5-8-16-66(55)79-70(58)42-49/h1-42H. The number of para-hydroxylation sites is 4. The van der Waals surface area contributed by atoms with Crippen LogP contribution in [0.1, 0.15) is 0 Å². The quantitative estimate of drug-likeness (QED) is 0.151. The van der Waals surface area contributed by atoms with Gasteiger partial charge >= 0.3 is 0 Å². The van der Waals surface area contributed by atoms with Crippen LogP contribution in [0.4, 0.5) is 17.1 Å². The highest BCUT2D eigenvalue weighted by Gasteiger charge is 2.22. The van der Waals surface area contributed by atoms with Crippen LogP contribution in [0.5, 0.6) is 0 Å². The first-order valence-corrected chi connectivity index (χ1v) is 27.5. The van der Waals surface area contributed by atoms with Gasteiger partial charge in [-0.15, -0.1) is 0 Å². The second-order valence-electron chi connectivity index (χ2n) is 20.6. The van der Waals surface area contributed by atoms with Crippen molar-refractivity contribution in [3.63, 3.8) is 0 Å². The molecule has 5 aromatic heterocycles. The van der Waals surface area contributed by atoms with E-state index in [2.05, 4.69) is 228 Å². The number of anilines is 3. The van der Waals surface area contributed by atoms with Gasteiger partial charge in [0.05, 0.1) is 28.4 Å². The second kappa shape index (κ2) is 17.5. The van der Waals surface area contributed by atoms with E-state index in [1.54, 1.807) is 0 Å². The predicted octanol–water partition coefficient (Wildman–Crippen LogP) is 20.6. The minimum absolute atomic E-state index is 0.842. The lowest BCUT2D eigenvalue weighted by Gasteiger charge is -2.26. The van der Waals surface area contributed by atoms with E-state index in [4.69, 9.17) is 22.0 Å². The summed E-state index contributed by atoms with van der Waals surface area (Å²) in [5.74, 6) is 0. The summed E-state index contributed by atoms with van der Waals surface area (Å²) in [6, 6.07) is 90.5. The Morgan fingerprint density at radius 1 is 0.300 bits per heavy atom. The highest BCUT2D eigenvalue weighted by molar-refractivity contribution is 7.00. The van der Waals surface area contributed by atoms with Crippen molar-refractivity contribution in [3.8, 4) is 50.2 Å². The number of furan rings is 3. The highest BCUT2D eigenvalue weighted by atomic mass is 32.1. The van der Waals surface area contributed by atoms with Crippen LogP contribution in [-0.2, 0) is 0 Å². The van der Waals surface area contributed by atoms with Gasteiger partial charge < -0.3 is 22.7 Å². The maximum Gasteiger partial charge on any atom is 0.136 e. The lowest BCUT2D eigenvalue weighted by Crippen LogP contribution is -2.10. The Kier molecular flexibility index (Phi) is 9.75. The highest BCUT2D eigenvalue weighted by Crippen LogP contribution is 2.44. The third kappa shape index (κ3) is 6.99. The molecule has 0 saturated carbocycles. The van der Waals surface area contributed by atoms with Gasteiger partial charge in [0.25, 0.3) is 0 Å². The molecule has 0 aliphatic carbocycles. The Balaban J connectivity index is 0.750. The SMILES string of the molecule is c1ccc(N(c2ccc(-c3ccc4oc5ccccc5c4c3)cc2)c2ccc(-c3ccc(-n4c5ccc(-c6ccc7c(c6)oc6ccccc67)cc5c5cc(-c6ccc7c(c6)oc6ccccc67)ccc54)cc3)c3nsnc23)cc1. The van der Waals surface area contributed by atoms with Crippen molar-refractivity contribution in [1.29, 1.82) is 0 Å². The van der Waals surface area contributed by atoms with E-state index in [1.807, 2.05) is 36.4 Å². The van der Waals surface area contributed by atoms with Gasteiger partial charge in [0.1, 0.15) is 44.5 Å². The van der Waals surface area contributed by atoms with E-state index in [1.165, 1.54) is 11.7 Å². The molecule has 80 heavy (non-hydrogen) atoms. The van der Waals surface area contributed by atoms with E-state index in [9.17, 15) is 0 Å². The van der Waals surface area contributed by atoms with Gasteiger partial charge in [-0.1, -0.05) is 127 Å². The van der Waals surface area contributed by atoms with Gasteiger partial charge in [-0.25, -0.2) is 0 Å². The van der Waals surface area contributed by atoms with Gasteiger partial charge in [-0.05, 0) is 166 Å². The zero-order valence-electron chi connectivity index (χ0n) is 42.7. The average Bonchev–Trinajstić information content (AvgIpc) is 4.41. The monoisotopic (exact) mass is 1040 g/mol. The molecule has 0 amide bonds. The summed E-state index contributed by atoms with van der Waals surface area (Å²) in [6.45, 7) is 0. The number of hydrogen-bond donors (Lipinski definition) is 0. The molecule has 12 aromatic carbocycles. The van der Waals surface area contributed by atoms with Crippen molar-refractivity contribution in [2.45, 2.75) is 0 Å². The third-order valence-corrected chi connectivity index (χ3v) is 16.6. The normalized spacial score (nSPS) is 12.0. The molecule has 5 heterocycles. The molecular formula is C72H42N4O3S. The van der Waals surface area contributed by atoms with Crippen LogP contribution in [0, 0.1) is 0 Å². The summed E-state index contributed by atoms with van der Waals surface area (Å²) in [4.78, 5) is 2.28. The molecule has 0 radical (unpaired) electrons. The molecule has 0 fully saturated rings. The lowest BCUT2D eigenvalue weighted by atomic mass is 9.99. The third-order valence-electron chi connectivity index (χ3n) is 16.1. The van der Waals surface area contributed by atoms with Crippen LogP contribution < -0.4 is 4.90 Å². The van der Waals surface area contributed by atoms with Crippen molar-refractivity contribution >= 4 is 127 Å². The molecule has 0 aliphatic rings. The maximum atomic E-state index is 6.37. The summed E-state index contributed by atoms with van der Waals surface area (Å²) in [7, 11) is 0. The number of nitrogens with zero attached hydrogens (tertiary/aromatic N) is 4. The number of fused-ring (bicyclic) bond motifs is 13. The molecule has 17 rings (SSSR count). The fraction of sp³-hybridized carbons (Fsp3) is 0. The summed E-state index contributed by atoms with van der Waals surface area (Å²) in [6.07, 6.45) is 0. The molecular weight excluding hydrogens is 1000 g/mol. The van der Waals surface area contributed by atoms with Crippen molar-refractivity contribution in [2.24, 2.45) is 0 Å². The Morgan fingerprint density at radius 2 is 0.738 bits per heavy atom. The van der Waals surface area contributed by atoms with Crippen molar-refractivity contribution in [3.05, 3.63) is 255 Å². The van der Waals surface area contributed by atoms with Crippen LogP contribution in [0.2, 0.25) is 0 Å². The molecule has 0 unspecified atom stereocenters.